The van der Waals surface area contributed by atoms with Gasteiger partial charge in [0.05, 0.1) is 19.6 Å². The Morgan fingerprint density at radius 1 is 1.36 bits per heavy atom. The molecule has 1 aromatic heterocycles. The van der Waals surface area contributed by atoms with E-state index in [2.05, 4.69) is 5.32 Å². The first-order valence-electron chi connectivity index (χ1n) is 6.41. The van der Waals surface area contributed by atoms with E-state index in [1.165, 1.54) is 18.4 Å². The zero-order valence-corrected chi connectivity index (χ0v) is 13.3. The van der Waals surface area contributed by atoms with E-state index < -0.39 is 17.9 Å². The van der Waals surface area contributed by atoms with E-state index in [0.717, 1.165) is 0 Å². The second-order valence-corrected chi connectivity index (χ2v) is 5.79. The molecule has 22 heavy (non-hydrogen) atoms. The molecule has 0 unspecified atom stereocenters. The predicted molar refractivity (Wildman–Crippen MR) is 84.8 cm³/mol. The van der Waals surface area contributed by atoms with Gasteiger partial charge < -0.3 is 15.2 Å². The zero-order chi connectivity index (χ0) is 16.1. The molecule has 0 bridgehead atoms. The number of rotatable bonds is 6. The Labute approximate surface area is 136 Å². The van der Waals surface area contributed by atoms with Crippen LogP contribution in [0.1, 0.15) is 27.7 Å². The summed E-state index contributed by atoms with van der Waals surface area (Å²) < 4.78 is 5.11. The summed E-state index contributed by atoms with van der Waals surface area (Å²) >= 11 is 7.33. The molecule has 0 saturated carbocycles. The molecule has 1 heterocycles. The topological polar surface area (TPSA) is 75.6 Å². The van der Waals surface area contributed by atoms with E-state index >= 15 is 0 Å². The molecule has 116 valence electrons. The molecule has 5 nitrogen and oxygen atoms in total. The second-order valence-electron chi connectivity index (χ2n) is 4.46. The number of carbonyl (C=O) groups is 2. The minimum atomic E-state index is -1.02. The molecule has 2 N–H and O–H groups in total. The van der Waals surface area contributed by atoms with Crippen LogP contribution in [0.5, 0.6) is 5.75 Å². The number of aliphatic carboxylic acids is 1. The highest BCUT2D eigenvalue weighted by Crippen LogP contribution is 2.28. The standard InChI is InChI=1S/C15H14ClNO4S/c1-21-12-6-7-22-14(12)15(20)17-11(8-13(18)19)9-4-2-3-5-10(9)16/h2-7,11H,8H2,1H3,(H,17,20)(H,18,19)/t11-/m1/s1. The third kappa shape index (κ3) is 3.78. The van der Waals surface area contributed by atoms with Gasteiger partial charge in [0.2, 0.25) is 0 Å². The summed E-state index contributed by atoms with van der Waals surface area (Å²) in [6, 6.07) is 7.81. The molecule has 0 aliphatic carbocycles. The lowest BCUT2D eigenvalue weighted by Crippen LogP contribution is -2.30. The molecule has 0 radical (unpaired) electrons. The molecular formula is C15H14ClNO4S. The largest absolute Gasteiger partial charge is 0.495 e. The maximum atomic E-state index is 12.3. The lowest BCUT2D eigenvalue weighted by Gasteiger charge is -2.18. The highest BCUT2D eigenvalue weighted by Gasteiger charge is 2.23. The van der Waals surface area contributed by atoms with Crippen molar-refractivity contribution in [1.29, 1.82) is 0 Å². The van der Waals surface area contributed by atoms with Crippen molar-refractivity contribution in [2.45, 2.75) is 12.5 Å². The van der Waals surface area contributed by atoms with Gasteiger partial charge in [-0.05, 0) is 23.1 Å². The maximum Gasteiger partial charge on any atom is 0.305 e. The van der Waals surface area contributed by atoms with Crippen LogP contribution in [-0.2, 0) is 4.79 Å². The summed E-state index contributed by atoms with van der Waals surface area (Å²) in [5.74, 6) is -0.961. The number of hydrogen-bond donors (Lipinski definition) is 2. The quantitative estimate of drug-likeness (QED) is 0.846. The predicted octanol–water partition coefficient (Wildman–Crippen LogP) is 3.36. The molecule has 0 spiro atoms. The van der Waals surface area contributed by atoms with Crippen LogP contribution in [0.15, 0.2) is 35.7 Å². The molecule has 0 aliphatic heterocycles. The molecule has 0 aliphatic rings. The average molecular weight is 340 g/mol. The van der Waals surface area contributed by atoms with Crippen LogP contribution in [0.2, 0.25) is 5.02 Å². The number of nitrogens with one attached hydrogen (secondary N) is 1. The van der Waals surface area contributed by atoms with Crippen LogP contribution in [0.3, 0.4) is 0 Å². The van der Waals surface area contributed by atoms with Gasteiger partial charge in [0.1, 0.15) is 10.6 Å². The highest BCUT2D eigenvalue weighted by atomic mass is 35.5. The summed E-state index contributed by atoms with van der Waals surface area (Å²) in [6.07, 6.45) is -0.261. The number of carboxylic acids is 1. The molecule has 0 saturated heterocycles. The fraction of sp³-hybridized carbons (Fsp3) is 0.200. The summed E-state index contributed by atoms with van der Waals surface area (Å²) in [7, 11) is 1.47. The fourth-order valence-electron chi connectivity index (χ4n) is 2.02. The Hall–Kier alpha value is -2.05. The number of benzene rings is 1. The van der Waals surface area contributed by atoms with E-state index in [-0.39, 0.29) is 6.42 Å². The number of amides is 1. The number of ether oxygens (including phenoxy) is 1. The van der Waals surface area contributed by atoms with E-state index in [1.807, 2.05) is 0 Å². The van der Waals surface area contributed by atoms with Gasteiger partial charge in [-0.1, -0.05) is 29.8 Å². The van der Waals surface area contributed by atoms with Gasteiger partial charge >= 0.3 is 5.97 Å². The summed E-state index contributed by atoms with van der Waals surface area (Å²) in [4.78, 5) is 23.8. The van der Waals surface area contributed by atoms with Crippen LogP contribution in [0, 0.1) is 0 Å². The van der Waals surface area contributed by atoms with Crippen molar-refractivity contribution in [2.75, 3.05) is 7.11 Å². The summed E-state index contributed by atoms with van der Waals surface area (Å²) in [5, 5.41) is 13.9. The van der Waals surface area contributed by atoms with Gasteiger partial charge in [0, 0.05) is 5.02 Å². The van der Waals surface area contributed by atoms with Crippen LogP contribution in [-0.4, -0.2) is 24.1 Å². The second kappa shape index (κ2) is 7.29. The molecular weight excluding hydrogens is 326 g/mol. The first-order valence-corrected chi connectivity index (χ1v) is 7.67. The third-order valence-corrected chi connectivity index (χ3v) is 4.26. The molecule has 2 rings (SSSR count). The van der Waals surface area contributed by atoms with E-state index in [0.29, 0.717) is 21.2 Å². The van der Waals surface area contributed by atoms with Crippen LogP contribution >= 0.6 is 22.9 Å². The first kappa shape index (κ1) is 16.3. The lowest BCUT2D eigenvalue weighted by molar-refractivity contribution is -0.137. The highest BCUT2D eigenvalue weighted by molar-refractivity contribution is 7.12. The van der Waals surface area contributed by atoms with Gasteiger partial charge in [0.15, 0.2) is 0 Å². The number of thiophene rings is 1. The monoisotopic (exact) mass is 339 g/mol. The summed E-state index contributed by atoms with van der Waals surface area (Å²) in [5.41, 5.74) is 0.565. The van der Waals surface area contributed by atoms with Gasteiger partial charge in [-0.2, -0.15) is 0 Å². The van der Waals surface area contributed by atoms with Gasteiger partial charge in [-0.3, -0.25) is 9.59 Å². The van der Waals surface area contributed by atoms with Crippen LogP contribution in [0.4, 0.5) is 0 Å². The van der Waals surface area contributed by atoms with Crippen molar-refractivity contribution in [3.63, 3.8) is 0 Å². The number of carbonyl (C=O) groups excluding carboxylic acids is 1. The third-order valence-electron chi connectivity index (χ3n) is 3.02. The van der Waals surface area contributed by atoms with Crippen molar-refractivity contribution in [2.24, 2.45) is 0 Å². The van der Waals surface area contributed by atoms with Crippen LogP contribution < -0.4 is 10.1 Å². The lowest BCUT2D eigenvalue weighted by atomic mass is 10.0. The van der Waals surface area contributed by atoms with E-state index in [4.69, 9.17) is 21.4 Å². The molecule has 2 aromatic rings. The number of hydrogen-bond acceptors (Lipinski definition) is 4. The molecule has 7 heteroatoms. The van der Waals surface area contributed by atoms with Crippen LogP contribution in [0.25, 0.3) is 0 Å². The van der Waals surface area contributed by atoms with Gasteiger partial charge in [0.25, 0.3) is 5.91 Å². The zero-order valence-electron chi connectivity index (χ0n) is 11.7. The minimum Gasteiger partial charge on any atom is -0.495 e. The Bertz CT molecular complexity index is 686. The van der Waals surface area contributed by atoms with Crippen molar-refractivity contribution in [1.82, 2.24) is 5.32 Å². The Balaban J connectivity index is 2.26. The van der Waals surface area contributed by atoms with Crippen molar-refractivity contribution >= 4 is 34.8 Å². The van der Waals surface area contributed by atoms with Gasteiger partial charge in [-0.15, -0.1) is 11.3 Å². The number of methoxy groups -OCH3 is 1. The number of halogens is 1. The van der Waals surface area contributed by atoms with E-state index in [9.17, 15) is 9.59 Å². The summed E-state index contributed by atoms with van der Waals surface area (Å²) in [6.45, 7) is 0. The van der Waals surface area contributed by atoms with Gasteiger partial charge in [-0.25, -0.2) is 0 Å². The molecule has 1 atom stereocenters. The minimum absolute atomic E-state index is 0.261. The van der Waals surface area contributed by atoms with Crippen molar-refractivity contribution < 1.29 is 19.4 Å². The molecule has 1 aromatic carbocycles. The Morgan fingerprint density at radius 2 is 2.09 bits per heavy atom. The normalized spacial score (nSPS) is 11.7. The molecule has 0 fully saturated rings. The SMILES string of the molecule is COc1ccsc1C(=O)N[C@H](CC(=O)O)c1ccccc1Cl. The Morgan fingerprint density at radius 3 is 2.73 bits per heavy atom. The Kier molecular flexibility index (Phi) is 5.41. The van der Waals surface area contributed by atoms with Crippen molar-refractivity contribution in [3.05, 3.63) is 51.2 Å². The molecule has 1 amide bonds. The van der Waals surface area contributed by atoms with E-state index in [1.54, 1.807) is 35.7 Å². The first-order chi connectivity index (χ1) is 10.5. The smallest absolute Gasteiger partial charge is 0.305 e. The fourth-order valence-corrected chi connectivity index (χ4v) is 3.05. The number of carboxylic acid groups (broad SMARTS) is 1. The maximum absolute atomic E-state index is 12.3. The average Bonchev–Trinajstić information content (AvgIpc) is 2.95. The van der Waals surface area contributed by atoms with Crippen molar-refractivity contribution in [3.8, 4) is 5.75 Å².